The summed E-state index contributed by atoms with van der Waals surface area (Å²) in [5.41, 5.74) is -0.264. The molecule has 3 aromatic rings. The van der Waals surface area contributed by atoms with Crippen LogP contribution in [0, 0.1) is 0 Å². The van der Waals surface area contributed by atoms with Crippen molar-refractivity contribution >= 4 is 17.5 Å². The number of ketones is 2. The number of aromatic nitrogens is 2. The fourth-order valence-electron chi connectivity index (χ4n) is 3.07. The Balaban J connectivity index is 2.07. The van der Waals surface area contributed by atoms with Crippen molar-refractivity contribution in [1.82, 2.24) is 9.13 Å². The van der Waals surface area contributed by atoms with E-state index in [1.807, 2.05) is 6.07 Å². The fraction of sp³-hybridized carbons (Fsp3) is 0.174. The molecule has 0 saturated heterocycles. The lowest BCUT2D eigenvalue weighted by atomic mass is 10.1. The predicted octanol–water partition coefficient (Wildman–Crippen LogP) is 1.42. The van der Waals surface area contributed by atoms with E-state index in [0.717, 1.165) is 23.4 Å². The van der Waals surface area contributed by atoms with E-state index in [9.17, 15) is 24.0 Å². The Morgan fingerprint density at radius 3 is 1.94 bits per heavy atom. The lowest BCUT2D eigenvalue weighted by Crippen LogP contribution is -2.43. The van der Waals surface area contributed by atoms with Gasteiger partial charge in [0.15, 0.2) is 5.78 Å². The van der Waals surface area contributed by atoms with Gasteiger partial charge in [0.2, 0.25) is 5.78 Å². The molecule has 0 aliphatic rings. The van der Waals surface area contributed by atoms with Crippen molar-refractivity contribution in [3.63, 3.8) is 0 Å². The van der Waals surface area contributed by atoms with Crippen LogP contribution in [-0.4, -0.2) is 33.8 Å². The minimum absolute atomic E-state index is 0.0423. The smallest absolute Gasteiger partial charge is 0.374 e. The van der Waals surface area contributed by atoms with E-state index < -0.39 is 35.2 Å². The standard InChI is InChI=1S/C23H20N2O6/c1-31-22(29)20(27)12-19(26)18-15-24(13-16-8-4-2-5-9-16)23(30)25(21(18)28)14-17-10-6-3-7-11-17/h2-11,15H,12-14H2,1H3. The molecular formula is C23H20N2O6. The van der Waals surface area contributed by atoms with E-state index in [4.69, 9.17) is 0 Å². The van der Waals surface area contributed by atoms with Gasteiger partial charge < -0.3 is 4.74 Å². The fourth-order valence-corrected chi connectivity index (χ4v) is 3.07. The van der Waals surface area contributed by atoms with E-state index >= 15 is 0 Å². The average Bonchev–Trinajstić information content (AvgIpc) is 2.79. The third kappa shape index (κ3) is 5.11. The third-order valence-corrected chi connectivity index (χ3v) is 4.65. The molecule has 158 valence electrons. The van der Waals surface area contributed by atoms with Crippen molar-refractivity contribution in [2.24, 2.45) is 0 Å². The number of carbonyl (C=O) groups excluding carboxylic acids is 3. The summed E-state index contributed by atoms with van der Waals surface area (Å²) in [5.74, 6) is -3.10. The second-order valence-electron chi connectivity index (χ2n) is 6.83. The monoisotopic (exact) mass is 420 g/mol. The Kier molecular flexibility index (Phi) is 6.71. The quantitative estimate of drug-likeness (QED) is 0.236. The van der Waals surface area contributed by atoms with Gasteiger partial charge in [0.05, 0.1) is 32.2 Å². The van der Waals surface area contributed by atoms with Crippen LogP contribution in [0.1, 0.15) is 27.9 Å². The van der Waals surface area contributed by atoms with Crippen LogP contribution in [0.5, 0.6) is 0 Å². The molecule has 31 heavy (non-hydrogen) atoms. The van der Waals surface area contributed by atoms with Gasteiger partial charge in [-0.25, -0.2) is 9.59 Å². The molecule has 0 fully saturated rings. The van der Waals surface area contributed by atoms with E-state index in [0.29, 0.717) is 5.56 Å². The second-order valence-corrected chi connectivity index (χ2v) is 6.83. The van der Waals surface area contributed by atoms with Crippen molar-refractivity contribution in [2.75, 3.05) is 7.11 Å². The topological polar surface area (TPSA) is 104 Å². The number of esters is 1. The van der Waals surface area contributed by atoms with Crippen LogP contribution in [0.15, 0.2) is 76.4 Å². The first kappa shape index (κ1) is 21.6. The molecule has 0 atom stereocenters. The number of benzene rings is 2. The molecule has 0 spiro atoms. The minimum Gasteiger partial charge on any atom is -0.463 e. The first-order valence-electron chi connectivity index (χ1n) is 9.47. The van der Waals surface area contributed by atoms with Gasteiger partial charge in [-0.3, -0.25) is 23.5 Å². The molecule has 0 aliphatic heterocycles. The van der Waals surface area contributed by atoms with Crippen LogP contribution >= 0.6 is 0 Å². The van der Waals surface area contributed by atoms with Crippen molar-refractivity contribution in [2.45, 2.75) is 19.5 Å². The highest BCUT2D eigenvalue weighted by Crippen LogP contribution is 2.05. The third-order valence-electron chi connectivity index (χ3n) is 4.65. The van der Waals surface area contributed by atoms with Crippen molar-refractivity contribution < 1.29 is 19.1 Å². The zero-order valence-electron chi connectivity index (χ0n) is 16.8. The van der Waals surface area contributed by atoms with Gasteiger partial charge in [-0.2, -0.15) is 0 Å². The van der Waals surface area contributed by atoms with Gasteiger partial charge in [0.1, 0.15) is 0 Å². The number of hydrogen-bond acceptors (Lipinski definition) is 6. The van der Waals surface area contributed by atoms with Crippen molar-refractivity contribution in [3.05, 3.63) is 104 Å². The maximum atomic E-state index is 13.0. The summed E-state index contributed by atoms with van der Waals surface area (Å²) in [6.45, 7) is 0.0827. The largest absolute Gasteiger partial charge is 0.463 e. The average molecular weight is 420 g/mol. The first-order valence-corrected chi connectivity index (χ1v) is 9.47. The molecule has 2 aromatic carbocycles. The number of nitrogens with zero attached hydrogens (tertiary/aromatic N) is 2. The molecular weight excluding hydrogens is 400 g/mol. The molecule has 1 aromatic heterocycles. The Morgan fingerprint density at radius 2 is 1.39 bits per heavy atom. The molecule has 8 nitrogen and oxygen atoms in total. The van der Waals surface area contributed by atoms with Crippen LogP contribution in [0.25, 0.3) is 0 Å². The number of ether oxygens (including phenoxy) is 1. The van der Waals surface area contributed by atoms with Gasteiger partial charge in [0.25, 0.3) is 5.56 Å². The van der Waals surface area contributed by atoms with Crippen LogP contribution in [0.4, 0.5) is 0 Å². The molecule has 0 radical (unpaired) electrons. The number of rotatable bonds is 8. The summed E-state index contributed by atoms with van der Waals surface area (Å²) in [4.78, 5) is 61.8. The second kappa shape index (κ2) is 9.62. The predicted molar refractivity (Wildman–Crippen MR) is 112 cm³/mol. The molecule has 8 heteroatoms. The summed E-state index contributed by atoms with van der Waals surface area (Å²) in [5, 5.41) is 0. The minimum atomic E-state index is -1.17. The maximum Gasteiger partial charge on any atom is 0.374 e. The molecule has 1 heterocycles. The summed E-state index contributed by atoms with van der Waals surface area (Å²) < 4.78 is 6.52. The molecule has 3 rings (SSSR count). The molecule has 0 N–H and O–H groups in total. The normalized spacial score (nSPS) is 10.5. The van der Waals surface area contributed by atoms with Crippen molar-refractivity contribution in [1.29, 1.82) is 0 Å². The van der Waals surface area contributed by atoms with Crippen LogP contribution < -0.4 is 11.2 Å². The summed E-state index contributed by atoms with van der Waals surface area (Å²) >= 11 is 0. The summed E-state index contributed by atoms with van der Waals surface area (Å²) in [6, 6.07) is 17.9. The van der Waals surface area contributed by atoms with Gasteiger partial charge in [0, 0.05) is 6.20 Å². The molecule has 0 bridgehead atoms. The highest BCUT2D eigenvalue weighted by Gasteiger charge is 2.23. The van der Waals surface area contributed by atoms with Gasteiger partial charge >= 0.3 is 11.7 Å². The molecule has 0 aliphatic carbocycles. The highest BCUT2D eigenvalue weighted by atomic mass is 16.5. The van der Waals surface area contributed by atoms with Crippen LogP contribution in [0.2, 0.25) is 0 Å². The molecule has 0 saturated carbocycles. The van der Waals surface area contributed by atoms with E-state index in [2.05, 4.69) is 4.74 Å². The zero-order chi connectivity index (χ0) is 22.4. The molecule has 0 unspecified atom stereocenters. The SMILES string of the molecule is COC(=O)C(=O)CC(=O)c1cn(Cc2ccccc2)c(=O)n(Cc2ccccc2)c1=O. The van der Waals surface area contributed by atoms with E-state index in [1.165, 1.54) is 4.57 Å². The Bertz CT molecular complexity index is 1230. The number of carbonyl (C=O) groups is 3. The summed E-state index contributed by atoms with van der Waals surface area (Å²) in [6.07, 6.45) is 0.322. The van der Waals surface area contributed by atoms with Crippen LogP contribution in [-0.2, 0) is 27.4 Å². The lowest BCUT2D eigenvalue weighted by molar-refractivity contribution is -0.151. The Hall–Kier alpha value is -4.07. The van der Waals surface area contributed by atoms with Gasteiger partial charge in [-0.05, 0) is 11.1 Å². The van der Waals surface area contributed by atoms with Gasteiger partial charge in [-0.15, -0.1) is 0 Å². The Labute approximate surface area is 177 Å². The van der Waals surface area contributed by atoms with Gasteiger partial charge in [-0.1, -0.05) is 60.7 Å². The molecule has 0 amide bonds. The Morgan fingerprint density at radius 1 is 0.839 bits per heavy atom. The van der Waals surface area contributed by atoms with E-state index in [1.54, 1.807) is 54.6 Å². The van der Waals surface area contributed by atoms with Crippen LogP contribution in [0.3, 0.4) is 0 Å². The first-order chi connectivity index (χ1) is 14.9. The van der Waals surface area contributed by atoms with Crippen molar-refractivity contribution in [3.8, 4) is 0 Å². The maximum absolute atomic E-state index is 13.0. The summed E-state index contributed by atoms with van der Waals surface area (Å²) in [7, 11) is 1.03. The van der Waals surface area contributed by atoms with E-state index in [-0.39, 0.29) is 18.7 Å². The number of methoxy groups -OCH3 is 1. The highest BCUT2D eigenvalue weighted by molar-refractivity contribution is 6.38. The number of hydrogen-bond donors (Lipinski definition) is 0. The number of Topliss-reactive ketones (excluding diaryl/α,β-unsaturated/α-hetero) is 2. The lowest BCUT2D eigenvalue weighted by Gasteiger charge is -2.13. The zero-order valence-corrected chi connectivity index (χ0v) is 16.8.